The van der Waals surface area contributed by atoms with Crippen molar-refractivity contribution in [2.24, 2.45) is 10.7 Å². The standard InChI is InChI=1S/C13H20N4O4/c1-8-6-10(16-11(18)7-8)17-13(21)15-9(12(19)20)4-2-3-5-14/h7,9H,2-6,14H2,1H3,(H,19,20)(H2,15,16,17,18,21)/t9-/m0/s1. The first kappa shape index (κ1) is 16.8. The fourth-order valence-electron chi connectivity index (χ4n) is 1.88. The number of amidine groups is 1. The minimum atomic E-state index is -1.12. The largest absolute Gasteiger partial charge is 0.480 e. The lowest BCUT2D eigenvalue weighted by molar-refractivity contribution is -0.139. The molecule has 116 valence electrons. The average molecular weight is 296 g/mol. The number of aliphatic imine (C=N–C) groups is 1. The van der Waals surface area contributed by atoms with Crippen LogP contribution in [0.5, 0.6) is 0 Å². The lowest BCUT2D eigenvalue weighted by Crippen LogP contribution is -2.41. The Hall–Kier alpha value is -2.22. The molecule has 3 amide bonds. The summed E-state index contributed by atoms with van der Waals surface area (Å²) in [6.07, 6.45) is 3.35. The number of nitrogens with one attached hydrogen (secondary N) is 2. The summed E-state index contributed by atoms with van der Waals surface area (Å²) in [5.41, 5.74) is 6.12. The van der Waals surface area contributed by atoms with Gasteiger partial charge in [-0.15, -0.1) is 0 Å². The third-order valence-electron chi connectivity index (χ3n) is 2.87. The van der Waals surface area contributed by atoms with E-state index in [4.69, 9.17) is 10.8 Å². The number of hydrogen-bond donors (Lipinski definition) is 4. The number of nitrogens with zero attached hydrogens (tertiary/aromatic N) is 1. The molecule has 1 rings (SSSR count). The van der Waals surface area contributed by atoms with Gasteiger partial charge in [0.05, 0.1) is 0 Å². The number of unbranched alkanes of at least 4 members (excludes halogenated alkanes) is 1. The highest BCUT2D eigenvalue weighted by molar-refractivity contribution is 6.09. The zero-order valence-corrected chi connectivity index (χ0v) is 11.9. The van der Waals surface area contributed by atoms with E-state index in [1.165, 1.54) is 6.08 Å². The molecule has 8 heteroatoms. The Morgan fingerprint density at radius 1 is 1.52 bits per heavy atom. The smallest absolute Gasteiger partial charge is 0.343 e. The summed E-state index contributed by atoms with van der Waals surface area (Å²) in [5, 5.41) is 13.8. The van der Waals surface area contributed by atoms with Crippen LogP contribution in [-0.2, 0) is 9.59 Å². The molecule has 1 aliphatic rings. The van der Waals surface area contributed by atoms with Crippen LogP contribution in [0.15, 0.2) is 16.6 Å². The molecule has 1 atom stereocenters. The summed E-state index contributed by atoms with van der Waals surface area (Å²) in [5.74, 6) is -1.25. The van der Waals surface area contributed by atoms with Gasteiger partial charge in [0.25, 0.3) is 0 Å². The van der Waals surface area contributed by atoms with Crippen LogP contribution in [0, 0.1) is 0 Å². The summed E-state index contributed by atoms with van der Waals surface area (Å²) < 4.78 is 0. The van der Waals surface area contributed by atoms with Crippen molar-refractivity contribution in [3.05, 3.63) is 11.6 Å². The minimum Gasteiger partial charge on any atom is -0.480 e. The monoisotopic (exact) mass is 296 g/mol. The predicted octanol–water partition coefficient (Wildman–Crippen LogP) is 0.143. The molecule has 0 fully saturated rings. The molecule has 0 saturated heterocycles. The molecule has 0 unspecified atom stereocenters. The molecular weight excluding hydrogens is 276 g/mol. The fourth-order valence-corrected chi connectivity index (χ4v) is 1.88. The van der Waals surface area contributed by atoms with Crippen molar-refractivity contribution in [2.45, 2.75) is 38.6 Å². The number of urea groups is 1. The van der Waals surface area contributed by atoms with Crippen LogP contribution in [0.1, 0.15) is 32.6 Å². The van der Waals surface area contributed by atoms with Crippen LogP contribution in [0.3, 0.4) is 0 Å². The Kier molecular flexibility index (Phi) is 6.54. The zero-order chi connectivity index (χ0) is 15.8. The average Bonchev–Trinajstić information content (AvgIpc) is 2.36. The van der Waals surface area contributed by atoms with Gasteiger partial charge in [-0.25, -0.2) is 9.59 Å². The first-order chi connectivity index (χ1) is 9.92. The lowest BCUT2D eigenvalue weighted by Gasteiger charge is -2.15. The minimum absolute atomic E-state index is 0.212. The van der Waals surface area contributed by atoms with E-state index in [1.807, 2.05) is 0 Å². The number of amides is 3. The molecule has 0 spiro atoms. The highest BCUT2D eigenvalue weighted by atomic mass is 16.4. The van der Waals surface area contributed by atoms with Gasteiger partial charge in [0, 0.05) is 12.5 Å². The van der Waals surface area contributed by atoms with Crippen molar-refractivity contribution in [3.63, 3.8) is 0 Å². The van der Waals surface area contributed by atoms with Crippen molar-refractivity contribution in [2.75, 3.05) is 6.54 Å². The van der Waals surface area contributed by atoms with E-state index in [2.05, 4.69) is 15.6 Å². The number of carbonyl (C=O) groups is 3. The SMILES string of the molecule is CC1=CC(=O)NC(=NC(=O)N[C@@H](CCCCN)C(=O)O)C1. The van der Waals surface area contributed by atoms with E-state index < -0.39 is 18.0 Å². The van der Waals surface area contributed by atoms with Crippen LogP contribution in [-0.4, -0.2) is 41.4 Å². The second kappa shape index (κ2) is 8.15. The quantitative estimate of drug-likeness (QED) is 0.517. The predicted molar refractivity (Wildman–Crippen MR) is 76.8 cm³/mol. The van der Waals surface area contributed by atoms with Crippen molar-refractivity contribution in [1.82, 2.24) is 10.6 Å². The van der Waals surface area contributed by atoms with Crippen LogP contribution in [0.4, 0.5) is 4.79 Å². The van der Waals surface area contributed by atoms with Gasteiger partial charge in [-0.2, -0.15) is 4.99 Å². The highest BCUT2D eigenvalue weighted by Crippen LogP contribution is 2.06. The molecule has 0 radical (unpaired) electrons. The van der Waals surface area contributed by atoms with E-state index in [1.54, 1.807) is 6.92 Å². The number of aliphatic carboxylic acids is 1. The summed E-state index contributed by atoms with van der Waals surface area (Å²) in [4.78, 5) is 37.7. The molecule has 5 N–H and O–H groups in total. The van der Waals surface area contributed by atoms with Gasteiger partial charge in [-0.1, -0.05) is 5.57 Å². The molecule has 8 nitrogen and oxygen atoms in total. The summed E-state index contributed by atoms with van der Waals surface area (Å²) in [6.45, 7) is 2.22. The maximum absolute atomic E-state index is 11.7. The van der Waals surface area contributed by atoms with E-state index in [-0.39, 0.29) is 18.2 Å². The molecule has 0 bridgehead atoms. The lowest BCUT2D eigenvalue weighted by atomic mass is 10.1. The molecule has 21 heavy (non-hydrogen) atoms. The van der Waals surface area contributed by atoms with Crippen molar-refractivity contribution >= 4 is 23.7 Å². The van der Waals surface area contributed by atoms with Crippen LogP contribution in [0.25, 0.3) is 0 Å². The van der Waals surface area contributed by atoms with E-state index >= 15 is 0 Å². The number of carbonyl (C=O) groups excluding carboxylic acids is 2. The van der Waals surface area contributed by atoms with E-state index in [0.29, 0.717) is 25.8 Å². The number of rotatable bonds is 6. The Bertz CT molecular complexity index is 485. The van der Waals surface area contributed by atoms with Gasteiger partial charge in [0.15, 0.2) is 0 Å². The fraction of sp³-hybridized carbons (Fsp3) is 0.538. The highest BCUT2D eigenvalue weighted by Gasteiger charge is 2.20. The Morgan fingerprint density at radius 2 is 2.24 bits per heavy atom. The second-order valence-corrected chi connectivity index (χ2v) is 4.84. The molecule has 0 aromatic heterocycles. The van der Waals surface area contributed by atoms with Crippen molar-refractivity contribution in [3.8, 4) is 0 Å². The van der Waals surface area contributed by atoms with Crippen molar-refractivity contribution < 1.29 is 19.5 Å². The molecule has 1 heterocycles. The molecule has 0 aliphatic carbocycles. The van der Waals surface area contributed by atoms with Gasteiger partial charge in [-0.05, 0) is 32.7 Å². The summed E-state index contributed by atoms with van der Waals surface area (Å²) in [7, 11) is 0. The van der Waals surface area contributed by atoms with E-state index in [0.717, 1.165) is 5.57 Å². The summed E-state index contributed by atoms with van der Waals surface area (Å²) in [6, 6.07) is -1.79. The van der Waals surface area contributed by atoms with Gasteiger partial charge < -0.3 is 21.5 Å². The normalized spacial score (nSPS) is 17.9. The van der Waals surface area contributed by atoms with Gasteiger partial charge >= 0.3 is 12.0 Å². The third kappa shape index (κ3) is 6.17. The Balaban J connectivity index is 2.59. The van der Waals surface area contributed by atoms with Crippen LogP contribution in [0.2, 0.25) is 0 Å². The second-order valence-electron chi connectivity index (χ2n) is 4.84. The molecule has 0 aromatic carbocycles. The summed E-state index contributed by atoms with van der Waals surface area (Å²) >= 11 is 0. The van der Waals surface area contributed by atoms with Gasteiger partial charge in [0.2, 0.25) is 5.91 Å². The molecule has 0 saturated carbocycles. The maximum Gasteiger partial charge on any atom is 0.343 e. The maximum atomic E-state index is 11.7. The van der Waals surface area contributed by atoms with E-state index in [9.17, 15) is 14.4 Å². The molecule has 0 aromatic rings. The molecule has 1 aliphatic heterocycles. The topological polar surface area (TPSA) is 134 Å². The van der Waals surface area contributed by atoms with Gasteiger partial charge in [-0.3, -0.25) is 4.79 Å². The first-order valence-electron chi connectivity index (χ1n) is 6.71. The first-order valence-corrected chi connectivity index (χ1v) is 6.71. The Morgan fingerprint density at radius 3 is 2.81 bits per heavy atom. The number of carboxylic acid groups (broad SMARTS) is 1. The molecular formula is C13H20N4O4. The number of carboxylic acids is 1. The van der Waals surface area contributed by atoms with Crippen LogP contribution < -0.4 is 16.4 Å². The third-order valence-corrected chi connectivity index (χ3v) is 2.87. The zero-order valence-electron chi connectivity index (χ0n) is 11.9. The number of hydrogen-bond acceptors (Lipinski definition) is 4. The number of nitrogens with two attached hydrogens (primary N) is 1. The van der Waals surface area contributed by atoms with Crippen molar-refractivity contribution in [1.29, 1.82) is 0 Å². The van der Waals surface area contributed by atoms with Crippen LogP contribution >= 0.6 is 0 Å². The van der Waals surface area contributed by atoms with Gasteiger partial charge in [0.1, 0.15) is 11.9 Å². The Labute approximate surface area is 122 Å².